The maximum absolute atomic E-state index is 2.72. The van der Waals surface area contributed by atoms with Gasteiger partial charge in [-0.2, -0.15) is 0 Å². The number of hydrogen-bond donors (Lipinski definition) is 0. The summed E-state index contributed by atoms with van der Waals surface area (Å²) in [5, 5.41) is 7.43. The Labute approximate surface area is 600 Å². The number of rotatable bonds is 9. The summed E-state index contributed by atoms with van der Waals surface area (Å²) in [6.07, 6.45) is 0. The molecule has 1 aromatic heterocycles. The first-order chi connectivity index (χ1) is 49.5. The average Bonchev–Trinajstić information content (AvgIpc) is 0.999. The van der Waals surface area contributed by atoms with Gasteiger partial charge in [0.15, 0.2) is 0 Å². The molecule has 2 aliphatic heterocycles. The first-order valence-corrected chi connectivity index (χ1v) is 36.2. The van der Waals surface area contributed by atoms with Crippen molar-refractivity contribution in [1.82, 2.24) is 4.57 Å². The maximum Gasteiger partial charge on any atom is 0.252 e. The Morgan fingerprint density at radius 1 is 0.255 bits per heavy atom. The Balaban J connectivity index is 1.09. The van der Waals surface area contributed by atoms with Gasteiger partial charge in [0.25, 0.3) is 6.71 Å². The fourth-order valence-corrected chi connectivity index (χ4v) is 16.6. The van der Waals surface area contributed by atoms with Gasteiger partial charge in [-0.25, -0.2) is 0 Å². The lowest BCUT2D eigenvalue weighted by atomic mass is 9.33. The highest BCUT2D eigenvalue weighted by Crippen LogP contribution is 2.56. The Morgan fingerprint density at radius 3 is 0.980 bits per heavy atom. The van der Waals surface area contributed by atoms with E-state index in [1.807, 2.05) is 0 Å². The third kappa shape index (κ3) is 10.3. The lowest BCUT2D eigenvalue weighted by molar-refractivity contribution is 0.590. The fraction of sp³-hybridized carbons (Fsp3) is 0.122. The van der Waals surface area contributed by atoms with Crippen LogP contribution < -0.4 is 26.2 Å². The van der Waals surface area contributed by atoms with Gasteiger partial charge in [0.05, 0.1) is 28.1 Å². The summed E-state index contributed by atoms with van der Waals surface area (Å²) in [4.78, 5) is 5.45. The summed E-state index contributed by atoms with van der Waals surface area (Å²) in [7, 11) is 0. The van der Waals surface area contributed by atoms with Crippen LogP contribution in [-0.4, -0.2) is 11.3 Å². The van der Waals surface area contributed by atoms with Crippen LogP contribution in [0.4, 0.5) is 34.1 Å². The van der Waals surface area contributed by atoms with Gasteiger partial charge in [-0.05, 0) is 171 Å². The topological polar surface area (TPSA) is 11.4 Å². The lowest BCUT2D eigenvalue weighted by Crippen LogP contribution is -2.61. The molecule has 18 rings (SSSR count). The van der Waals surface area contributed by atoms with E-state index in [0.717, 1.165) is 89.8 Å². The predicted molar refractivity (Wildman–Crippen MR) is 439 cm³/mol. The van der Waals surface area contributed by atoms with Crippen LogP contribution in [0.25, 0.3) is 116 Å². The van der Waals surface area contributed by atoms with Gasteiger partial charge < -0.3 is 14.4 Å². The van der Waals surface area contributed by atoms with Gasteiger partial charge in [0.1, 0.15) is 0 Å². The molecule has 0 spiro atoms. The van der Waals surface area contributed by atoms with E-state index in [2.05, 4.69) is 398 Å². The van der Waals surface area contributed by atoms with Gasteiger partial charge >= 0.3 is 0 Å². The van der Waals surface area contributed by atoms with E-state index in [1.165, 1.54) is 93.2 Å². The molecule has 0 atom stereocenters. The lowest BCUT2D eigenvalue weighted by Gasteiger charge is -2.46. The molecule has 0 unspecified atom stereocenters. The third-order valence-electron chi connectivity index (χ3n) is 21.8. The monoisotopic (exact) mass is 1310 g/mol. The second-order valence-electron chi connectivity index (χ2n) is 31.2. The molecule has 15 aromatic carbocycles. The Hall–Kier alpha value is -11.7. The van der Waals surface area contributed by atoms with Gasteiger partial charge in [-0.3, -0.25) is 0 Å². The maximum atomic E-state index is 2.72. The zero-order valence-electron chi connectivity index (χ0n) is 59.5. The molecule has 0 saturated heterocycles. The first-order valence-electron chi connectivity index (χ1n) is 36.2. The van der Waals surface area contributed by atoms with Gasteiger partial charge in [0.2, 0.25) is 0 Å². The van der Waals surface area contributed by atoms with E-state index in [0.29, 0.717) is 0 Å². The highest BCUT2D eigenvalue weighted by molar-refractivity contribution is 7.00. The molecule has 3 heterocycles. The number of benzene rings is 15. The van der Waals surface area contributed by atoms with Crippen molar-refractivity contribution >= 4 is 101 Å². The molecule has 0 amide bonds. The Kier molecular flexibility index (Phi) is 14.7. The highest BCUT2D eigenvalue weighted by atomic mass is 15.2. The number of aromatic nitrogens is 1. The Bertz CT molecular complexity index is 5590. The molecule has 0 aliphatic carbocycles. The van der Waals surface area contributed by atoms with Crippen molar-refractivity contribution < 1.29 is 0 Å². The van der Waals surface area contributed by atoms with E-state index in [9.17, 15) is 0 Å². The van der Waals surface area contributed by atoms with Crippen LogP contribution in [0.2, 0.25) is 0 Å². The number of fused-ring (bicyclic) bond motifs is 12. The van der Waals surface area contributed by atoms with Crippen LogP contribution in [0.15, 0.2) is 322 Å². The summed E-state index contributed by atoms with van der Waals surface area (Å²) >= 11 is 0. The van der Waals surface area contributed by atoms with E-state index in [1.54, 1.807) is 0 Å². The van der Waals surface area contributed by atoms with E-state index in [4.69, 9.17) is 0 Å². The van der Waals surface area contributed by atoms with Crippen molar-refractivity contribution in [3.8, 4) is 72.4 Å². The van der Waals surface area contributed by atoms with Crippen molar-refractivity contribution in [3.05, 3.63) is 338 Å². The molecule has 490 valence electrons. The van der Waals surface area contributed by atoms with Crippen LogP contribution in [0.1, 0.15) is 79.0 Å². The zero-order chi connectivity index (χ0) is 69.3. The average molecular weight is 1310 g/mol. The van der Waals surface area contributed by atoms with Crippen molar-refractivity contribution in [2.75, 3.05) is 9.80 Å². The minimum atomic E-state index is -0.269. The highest BCUT2D eigenvalue weighted by Gasteiger charge is 2.46. The summed E-state index contributed by atoms with van der Waals surface area (Å²) in [5.74, 6) is 0. The molecule has 0 N–H and O–H groups in total. The Morgan fingerprint density at radius 2 is 0.598 bits per heavy atom. The van der Waals surface area contributed by atoms with Crippen molar-refractivity contribution in [2.24, 2.45) is 0 Å². The minimum Gasteiger partial charge on any atom is -0.310 e. The molecule has 0 fully saturated rings. The van der Waals surface area contributed by atoms with Crippen LogP contribution in [0.3, 0.4) is 0 Å². The van der Waals surface area contributed by atoms with Gasteiger partial charge in [0, 0.05) is 61.2 Å². The zero-order valence-corrected chi connectivity index (χ0v) is 59.5. The minimum absolute atomic E-state index is 0.117. The molecule has 2 aliphatic rings. The standard InChI is InChI=1S/C98H80BN3/c1-96(2,3)71-50-53-86-83(56-71)91-77-46-30-28-44-75(77)76-45-29-31-47-78(76)95(91)100(86)74-61-89-92-90(62-74)102(94-81(67-40-24-14-25-41-67)59-73(98(7,8)9)60-82(94)68-42-26-15-27-43-68)88-52-49-70(64-34-18-11-19-35-64)55-85(88)99(92)84-54-69(63-32-16-10-17-33-63)48-51-87(84)101(89)93-79(65-36-20-12-21-37-65)57-72(97(4,5)6)58-80(93)66-38-22-13-23-39-66/h10-62H,1-9H3. The van der Waals surface area contributed by atoms with E-state index < -0.39 is 0 Å². The van der Waals surface area contributed by atoms with Crippen molar-refractivity contribution in [2.45, 2.75) is 78.6 Å². The number of nitrogens with zero attached hydrogens (tertiary/aromatic N) is 3. The molecule has 0 radical (unpaired) electrons. The summed E-state index contributed by atoms with van der Waals surface area (Å²) in [5.41, 5.74) is 31.1. The van der Waals surface area contributed by atoms with Crippen LogP contribution in [0.5, 0.6) is 0 Å². The third-order valence-corrected chi connectivity index (χ3v) is 21.8. The van der Waals surface area contributed by atoms with E-state index in [-0.39, 0.29) is 23.0 Å². The van der Waals surface area contributed by atoms with Crippen LogP contribution in [-0.2, 0) is 16.2 Å². The normalized spacial score (nSPS) is 12.9. The smallest absolute Gasteiger partial charge is 0.252 e. The summed E-state index contributed by atoms with van der Waals surface area (Å²) in [6.45, 7) is 20.9. The van der Waals surface area contributed by atoms with Crippen molar-refractivity contribution in [1.29, 1.82) is 0 Å². The molecule has 0 bridgehead atoms. The van der Waals surface area contributed by atoms with Crippen LogP contribution in [0, 0.1) is 0 Å². The summed E-state index contributed by atoms with van der Waals surface area (Å²) < 4.78 is 2.66. The molecular weight excluding hydrogens is 1230 g/mol. The summed E-state index contributed by atoms with van der Waals surface area (Å²) in [6, 6.07) is 122. The van der Waals surface area contributed by atoms with Crippen LogP contribution >= 0.6 is 0 Å². The second kappa shape index (κ2) is 24.0. The molecule has 4 heteroatoms. The fourth-order valence-electron chi connectivity index (χ4n) is 16.6. The van der Waals surface area contributed by atoms with E-state index >= 15 is 0 Å². The second-order valence-corrected chi connectivity index (χ2v) is 31.2. The molecule has 0 saturated carbocycles. The number of anilines is 6. The van der Waals surface area contributed by atoms with Crippen molar-refractivity contribution in [3.63, 3.8) is 0 Å². The molecule has 16 aromatic rings. The molecule has 3 nitrogen and oxygen atoms in total. The predicted octanol–water partition coefficient (Wildman–Crippen LogP) is 25.1. The van der Waals surface area contributed by atoms with Gasteiger partial charge in [-0.15, -0.1) is 0 Å². The first kappa shape index (κ1) is 62.5. The SMILES string of the molecule is CC(C)(C)c1cc(-c2ccccc2)c(N2c3ccc(-c4ccccc4)cc3B3c4cc(-c5ccccc5)ccc4N(c4c(-c5ccccc5)cc(C(C)(C)C)cc4-c4ccccc4)c4cc(-n5c6ccc(C(C)(C)C)cc6c6c7ccccc7c7ccccc7c65)cc2c43)c(-c2ccccc2)c1. The number of hydrogen-bond acceptors (Lipinski definition) is 2. The quantitative estimate of drug-likeness (QED) is 0.105. The molecular formula is C98H80BN3. The molecule has 102 heavy (non-hydrogen) atoms. The largest absolute Gasteiger partial charge is 0.310 e. The van der Waals surface area contributed by atoms with Gasteiger partial charge in [-0.1, -0.05) is 323 Å².